The van der Waals surface area contributed by atoms with Gasteiger partial charge in [0.05, 0.1) is 0 Å². The topological polar surface area (TPSA) is 12.0 Å². The second kappa shape index (κ2) is 6.70. The molecule has 0 aliphatic rings. The zero-order valence-corrected chi connectivity index (χ0v) is 13.7. The zero-order chi connectivity index (χ0) is 14.7. The Hall–Kier alpha value is -0.900. The van der Waals surface area contributed by atoms with E-state index in [1.807, 2.05) is 19.1 Å². The summed E-state index contributed by atoms with van der Waals surface area (Å²) < 4.78 is 14.1. The number of hydrogen-bond donors (Lipinski definition) is 1. The Morgan fingerprint density at radius 3 is 2.30 bits per heavy atom. The van der Waals surface area contributed by atoms with Crippen molar-refractivity contribution in [2.24, 2.45) is 0 Å². The van der Waals surface area contributed by atoms with Gasteiger partial charge in [-0.1, -0.05) is 45.7 Å². The quantitative estimate of drug-likeness (QED) is 0.746. The Labute approximate surface area is 132 Å². The van der Waals surface area contributed by atoms with Crippen molar-refractivity contribution in [3.05, 3.63) is 68.9 Å². The van der Waals surface area contributed by atoms with Crippen LogP contribution in [-0.2, 0) is 0 Å². The molecule has 1 N–H and O–H groups in total. The lowest BCUT2D eigenvalue weighted by molar-refractivity contribution is 0.494. The average Bonchev–Trinajstić information content (AvgIpc) is 2.39. The van der Waals surface area contributed by atoms with E-state index in [4.69, 9.17) is 11.6 Å². The molecule has 2 aromatic carbocycles. The van der Waals surface area contributed by atoms with Crippen molar-refractivity contribution in [2.75, 3.05) is 0 Å². The molecule has 2 aromatic rings. The lowest BCUT2D eigenvalue weighted by Crippen LogP contribution is -2.22. The van der Waals surface area contributed by atoms with E-state index >= 15 is 0 Å². The van der Waals surface area contributed by atoms with Crippen LogP contribution < -0.4 is 5.32 Å². The molecule has 0 amide bonds. The molecule has 0 fully saturated rings. The van der Waals surface area contributed by atoms with Gasteiger partial charge in [-0.2, -0.15) is 0 Å². The summed E-state index contributed by atoms with van der Waals surface area (Å²) in [5.74, 6) is -0.313. The molecule has 106 valence electrons. The molecule has 0 radical (unpaired) electrons. The summed E-state index contributed by atoms with van der Waals surface area (Å²) >= 11 is 9.51. The van der Waals surface area contributed by atoms with Crippen LogP contribution in [0.4, 0.5) is 4.39 Å². The highest BCUT2D eigenvalue weighted by Crippen LogP contribution is 2.26. The fourth-order valence-corrected chi connectivity index (χ4v) is 2.76. The maximum atomic E-state index is 13.1. The van der Waals surface area contributed by atoms with Crippen molar-refractivity contribution in [3.8, 4) is 0 Å². The number of halogens is 3. The minimum atomic E-state index is -0.313. The highest BCUT2D eigenvalue weighted by atomic mass is 79.9. The van der Waals surface area contributed by atoms with Crippen LogP contribution in [0.2, 0.25) is 5.02 Å². The SMILES string of the molecule is CC(N[C@H](C)c1ccc(Br)cc1)c1ccc(F)cc1Cl. The third kappa shape index (κ3) is 3.81. The molecule has 2 rings (SSSR count). The van der Waals surface area contributed by atoms with Gasteiger partial charge in [0, 0.05) is 21.6 Å². The first-order valence-electron chi connectivity index (χ1n) is 6.44. The number of hydrogen-bond acceptors (Lipinski definition) is 1. The van der Waals surface area contributed by atoms with Crippen LogP contribution in [0.15, 0.2) is 46.9 Å². The minimum absolute atomic E-state index is 0.0433. The van der Waals surface area contributed by atoms with E-state index in [-0.39, 0.29) is 17.9 Å². The van der Waals surface area contributed by atoms with E-state index in [9.17, 15) is 4.39 Å². The Bertz CT molecular complexity index is 586. The summed E-state index contributed by atoms with van der Waals surface area (Å²) in [4.78, 5) is 0. The van der Waals surface area contributed by atoms with Crippen molar-refractivity contribution >= 4 is 27.5 Å². The molecule has 0 aliphatic carbocycles. The second-order valence-electron chi connectivity index (χ2n) is 4.83. The van der Waals surface area contributed by atoms with Crippen molar-refractivity contribution in [1.82, 2.24) is 5.32 Å². The smallest absolute Gasteiger partial charge is 0.124 e. The Morgan fingerprint density at radius 1 is 1.05 bits per heavy atom. The average molecular weight is 357 g/mol. The summed E-state index contributed by atoms with van der Waals surface area (Å²) in [5.41, 5.74) is 2.09. The normalized spacial score (nSPS) is 14.1. The van der Waals surface area contributed by atoms with Crippen molar-refractivity contribution < 1.29 is 4.39 Å². The van der Waals surface area contributed by atoms with E-state index in [2.05, 4.69) is 40.3 Å². The van der Waals surface area contributed by atoms with Crippen LogP contribution in [-0.4, -0.2) is 0 Å². The maximum absolute atomic E-state index is 13.1. The first kappa shape index (κ1) is 15.5. The van der Waals surface area contributed by atoms with Gasteiger partial charge in [0.25, 0.3) is 0 Å². The van der Waals surface area contributed by atoms with E-state index in [0.717, 1.165) is 10.0 Å². The van der Waals surface area contributed by atoms with Gasteiger partial charge in [0.1, 0.15) is 5.82 Å². The molecule has 0 aliphatic heterocycles. The molecular weight excluding hydrogens is 341 g/mol. The van der Waals surface area contributed by atoms with E-state index < -0.39 is 0 Å². The summed E-state index contributed by atoms with van der Waals surface area (Å²) in [7, 11) is 0. The zero-order valence-electron chi connectivity index (χ0n) is 11.3. The molecule has 0 spiro atoms. The third-order valence-corrected chi connectivity index (χ3v) is 4.16. The molecular formula is C16H16BrClFN. The molecule has 0 heterocycles. The predicted octanol–water partition coefficient (Wildman–Crippen LogP) is 5.65. The summed E-state index contributed by atoms with van der Waals surface area (Å²) in [6, 6.07) is 12.9. The molecule has 0 bridgehead atoms. The van der Waals surface area contributed by atoms with Crippen LogP contribution in [0, 0.1) is 5.82 Å². The summed E-state index contributed by atoms with van der Waals surface area (Å²) in [6.45, 7) is 4.12. The van der Waals surface area contributed by atoms with Gasteiger partial charge in [0.2, 0.25) is 0 Å². The van der Waals surface area contributed by atoms with Gasteiger partial charge in [-0.3, -0.25) is 0 Å². The second-order valence-corrected chi connectivity index (χ2v) is 6.15. The number of benzene rings is 2. The standard InChI is InChI=1S/C16H16BrClFN/c1-10(12-3-5-13(17)6-4-12)20-11(2)15-8-7-14(19)9-16(15)18/h3-11,20H,1-2H3/t10-,11?/m1/s1. The number of rotatable bonds is 4. The summed E-state index contributed by atoms with van der Waals surface area (Å²) in [5, 5.41) is 3.92. The molecule has 0 aromatic heterocycles. The number of nitrogens with one attached hydrogen (secondary N) is 1. The maximum Gasteiger partial charge on any atom is 0.124 e. The van der Waals surface area contributed by atoms with E-state index in [1.54, 1.807) is 6.07 Å². The molecule has 2 atom stereocenters. The Kier molecular flexibility index (Phi) is 5.19. The fraction of sp³-hybridized carbons (Fsp3) is 0.250. The van der Waals surface area contributed by atoms with Crippen molar-refractivity contribution in [3.63, 3.8) is 0 Å². The molecule has 0 saturated heterocycles. The highest BCUT2D eigenvalue weighted by Gasteiger charge is 2.14. The molecule has 1 unspecified atom stereocenters. The molecule has 0 saturated carbocycles. The lowest BCUT2D eigenvalue weighted by Gasteiger charge is -2.21. The first-order valence-corrected chi connectivity index (χ1v) is 7.61. The van der Waals surface area contributed by atoms with Gasteiger partial charge < -0.3 is 5.32 Å². The van der Waals surface area contributed by atoms with Gasteiger partial charge in [-0.15, -0.1) is 0 Å². The highest BCUT2D eigenvalue weighted by molar-refractivity contribution is 9.10. The summed E-state index contributed by atoms with van der Waals surface area (Å²) in [6.07, 6.45) is 0. The van der Waals surface area contributed by atoms with E-state index in [1.165, 1.54) is 17.7 Å². The van der Waals surface area contributed by atoms with Crippen LogP contribution >= 0.6 is 27.5 Å². The largest absolute Gasteiger partial charge is 0.304 e. The van der Waals surface area contributed by atoms with E-state index in [0.29, 0.717) is 5.02 Å². The molecule has 20 heavy (non-hydrogen) atoms. The molecule has 4 heteroatoms. The fourth-order valence-electron chi connectivity index (χ4n) is 2.17. The van der Waals surface area contributed by atoms with Gasteiger partial charge >= 0.3 is 0 Å². The van der Waals surface area contributed by atoms with Crippen LogP contribution in [0.3, 0.4) is 0 Å². The third-order valence-electron chi connectivity index (χ3n) is 3.30. The lowest BCUT2D eigenvalue weighted by atomic mass is 10.0. The molecule has 1 nitrogen and oxygen atoms in total. The van der Waals surface area contributed by atoms with Gasteiger partial charge in [-0.25, -0.2) is 4.39 Å². The monoisotopic (exact) mass is 355 g/mol. The van der Waals surface area contributed by atoms with Crippen molar-refractivity contribution in [1.29, 1.82) is 0 Å². The van der Waals surface area contributed by atoms with Gasteiger partial charge in [0.15, 0.2) is 0 Å². The predicted molar refractivity (Wildman–Crippen MR) is 85.5 cm³/mol. The van der Waals surface area contributed by atoms with Crippen molar-refractivity contribution in [2.45, 2.75) is 25.9 Å². The van der Waals surface area contributed by atoms with Gasteiger partial charge in [-0.05, 0) is 49.2 Å². The first-order chi connectivity index (χ1) is 9.47. The Balaban J connectivity index is 2.10. The van der Waals surface area contributed by atoms with Crippen LogP contribution in [0.5, 0.6) is 0 Å². The van der Waals surface area contributed by atoms with Crippen LogP contribution in [0.1, 0.15) is 37.1 Å². The Morgan fingerprint density at radius 2 is 1.70 bits per heavy atom. The minimum Gasteiger partial charge on any atom is -0.304 e. The van der Waals surface area contributed by atoms with Crippen LogP contribution in [0.25, 0.3) is 0 Å².